The molecule has 4 N–H and O–H groups in total. The Kier molecular flexibility index (Phi) is 9.98. The van der Waals surface area contributed by atoms with Crippen LogP contribution in [0, 0.1) is 17.8 Å². The number of anilines is 2. The summed E-state index contributed by atoms with van der Waals surface area (Å²) in [5, 5.41) is 0. The van der Waals surface area contributed by atoms with Gasteiger partial charge in [0.25, 0.3) is 0 Å². The predicted octanol–water partition coefficient (Wildman–Crippen LogP) is 11.3. The second-order valence-electron chi connectivity index (χ2n) is 13.6. The summed E-state index contributed by atoms with van der Waals surface area (Å²) in [5.74, 6) is 5.99. The van der Waals surface area contributed by atoms with Crippen molar-refractivity contribution in [1.82, 2.24) is 0 Å². The highest BCUT2D eigenvalue weighted by Crippen LogP contribution is 2.51. The monoisotopic (exact) mass is 602 g/mol. The minimum Gasteiger partial charge on any atom is -0.457 e. The maximum absolute atomic E-state index is 6.15. The van der Waals surface area contributed by atoms with E-state index in [-0.39, 0.29) is 5.41 Å². The average molecular weight is 603 g/mol. The van der Waals surface area contributed by atoms with E-state index in [9.17, 15) is 0 Å². The van der Waals surface area contributed by atoms with E-state index < -0.39 is 0 Å². The molecular formula is C41H50N2O2. The lowest BCUT2D eigenvalue weighted by Crippen LogP contribution is -2.35. The number of benzene rings is 4. The molecule has 4 aromatic carbocycles. The van der Waals surface area contributed by atoms with Crippen LogP contribution in [0.15, 0.2) is 97.1 Å². The topological polar surface area (TPSA) is 70.5 Å². The van der Waals surface area contributed by atoms with Crippen molar-refractivity contribution in [2.75, 3.05) is 11.5 Å². The van der Waals surface area contributed by atoms with Crippen LogP contribution in [-0.4, -0.2) is 0 Å². The Hall–Kier alpha value is -3.92. The molecule has 4 nitrogen and oxygen atoms in total. The maximum atomic E-state index is 6.15. The molecule has 0 spiro atoms. The molecule has 2 aliphatic rings. The second kappa shape index (κ2) is 14.5. The lowest BCUT2D eigenvalue weighted by molar-refractivity contribution is 0.140. The summed E-state index contributed by atoms with van der Waals surface area (Å²) in [6.07, 6.45) is 16.3. The first-order valence-electron chi connectivity index (χ1n) is 17.3. The number of unbranched alkanes of at least 4 members (excludes halogenated alkanes) is 2. The smallest absolute Gasteiger partial charge is 0.127 e. The third-order valence-electron chi connectivity index (χ3n) is 10.7. The Balaban J connectivity index is 1.18. The standard InChI is InChI=1S/C41H50N2O2/c1-2-3-4-5-30-6-8-31(9-7-30)32-26-28-41(29-27-32,33-10-18-37(19-11-33)44-39-22-14-35(42)15-23-39)34-12-20-38(21-13-34)45-40-24-16-36(43)17-25-40/h10-25,30-32H,2-9,26-29,42-43H2,1H3/t30-,31+. The first-order valence-corrected chi connectivity index (χ1v) is 17.3. The van der Waals surface area contributed by atoms with Gasteiger partial charge in [-0.2, -0.15) is 0 Å². The fourth-order valence-electron chi connectivity index (χ4n) is 8.01. The number of hydrogen-bond donors (Lipinski definition) is 2. The zero-order valence-electron chi connectivity index (χ0n) is 26.9. The number of hydrogen-bond acceptors (Lipinski definition) is 4. The van der Waals surface area contributed by atoms with Gasteiger partial charge in [-0.25, -0.2) is 0 Å². The number of rotatable bonds is 11. The molecule has 0 unspecified atom stereocenters. The van der Waals surface area contributed by atoms with Crippen LogP contribution in [0.3, 0.4) is 0 Å². The summed E-state index contributed by atoms with van der Waals surface area (Å²) in [6.45, 7) is 2.31. The molecule has 2 fully saturated rings. The van der Waals surface area contributed by atoms with Gasteiger partial charge in [-0.15, -0.1) is 0 Å². The summed E-state index contributed by atoms with van der Waals surface area (Å²) in [6, 6.07) is 32.8. The SMILES string of the molecule is CCCCC[C@H]1CC[C@@H](C2CCC(c3ccc(Oc4ccc(N)cc4)cc3)(c3ccc(Oc4ccc(N)cc4)cc3)CC2)CC1. The quantitative estimate of drug-likeness (QED) is 0.132. The van der Waals surface area contributed by atoms with Crippen LogP contribution in [0.2, 0.25) is 0 Å². The van der Waals surface area contributed by atoms with Crippen molar-refractivity contribution in [3.8, 4) is 23.0 Å². The Morgan fingerprint density at radius 3 is 1.36 bits per heavy atom. The van der Waals surface area contributed by atoms with Gasteiger partial charge in [0.1, 0.15) is 23.0 Å². The van der Waals surface area contributed by atoms with E-state index in [1.54, 1.807) is 0 Å². The summed E-state index contributed by atoms with van der Waals surface area (Å²) in [5.41, 5.74) is 15.9. The number of ether oxygens (including phenoxy) is 2. The van der Waals surface area contributed by atoms with E-state index in [1.165, 1.54) is 88.2 Å². The van der Waals surface area contributed by atoms with Crippen LogP contribution in [0.5, 0.6) is 23.0 Å². The molecule has 0 aliphatic heterocycles. The Bertz CT molecular complexity index is 1370. The third kappa shape index (κ3) is 7.66. The first-order chi connectivity index (χ1) is 22.0. The van der Waals surface area contributed by atoms with Crippen LogP contribution >= 0.6 is 0 Å². The zero-order chi connectivity index (χ0) is 31.1. The molecule has 4 aromatic rings. The van der Waals surface area contributed by atoms with Crippen molar-refractivity contribution in [3.63, 3.8) is 0 Å². The van der Waals surface area contributed by atoms with Gasteiger partial charge in [-0.3, -0.25) is 0 Å². The molecule has 0 heterocycles. The lowest BCUT2D eigenvalue weighted by Gasteiger charge is -2.44. The van der Waals surface area contributed by atoms with Gasteiger partial charge in [-0.1, -0.05) is 69.7 Å². The van der Waals surface area contributed by atoms with Gasteiger partial charge in [0.05, 0.1) is 0 Å². The van der Waals surface area contributed by atoms with Crippen LogP contribution < -0.4 is 20.9 Å². The molecule has 0 radical (unpaired) electrons. The van der Waals surface area contributed by atoms with Gasteiger partial charge in [0.2, 0.25) is 0 Å². The minimum absolute atomic E-state index is 0.0205. The van der Waals surface area contributed by atoms with Crippen molar-refractivity contribution in [3.05, 3.63) is 108 Å². The number of nitrogen functional groups attached to an aromatic ring is 2. The molecule has 45 heavy (non-hydrogen) atoms. The Labute approximate surface area is 270 Å². The van der Waals surface area contributed by atoms with E-state index in [2.05, 4.69) is 55.5 Å². The number of nitrogens with two attached hydrogens (primary N) is 2. The molecule has 4 heteroatoms. The van der Waals surface area contributed by atoms with E-state index in [0.29, 0.717) is 0 Å². The summed E-state index contributed by atoms with van der Waals surface area (Å²) in [4.78, 5) is 0. The third-order valence-corrected chi connectivity index (χ3v) is 10.7. The highest BCUT2D eigenvalue weighted by molar-refractivity contribution is 5.47. The molecule has 236 valence electrons. The van der Waals surface area contributed by atoms with Gasteiger partial charge < -0.3 is 20.9 Å². The van der Waals surface area contributed by atoms with E-state index in [0.717, 1.165) is 52.1 Å². The van der Waals surface area contributed by atoms with Gasteiger partial charge >= 0.3 is 0 Å². The molecule has 0 atom stereocenters. The predicted molar refractivity (Wildman–Crippen MR) is 187 cm³/mol. The zero-order valence-corrected chi connectivity index (χ0v) is 26.9. The van der Waals surface area contributed by atoms with Crippen molar-refractivity contribution in [2.24, 2.45) is 17.8 Å². The van der Waals surface area contributed by atoms with Gasteiger partial charge in [-0.05, 0) is 140 Å². The lowest BCUT2D eigenvalue weighted by atomic mass is 9.60. The molecule has 0 bridgehead atoms. The molecule has 0 amide bonds. The van der Waals surface area contributed by atoms with Crippen LogP contribution in [-0.2, 0) is 5.41 Å². The van der Waals surface area contributed by atoms with Gasteiger partial charge in [0.15, 0.2) is 0 Å². The molecule has 2 saturated carbocycles. The second-order valence-corrected chi connectivity index (χ2v) is 13.6. The summed E-state index contributed by atoms with van der Waals surface area (Å²) < 4.78 is 12.3. The molecular weight excluding hydrogens is 552 g/mol. The molecule has 0 saturated heterocycles. The molecule has 0 aromatic heterocycles. The molecule has 2 aliphatic carbocycles. The summed E-state index contributed by atoms with van der Waals surface area (Å²) >= 11 is 0. The highest BCUT2D eigenvalue weighted by Gasteiger charge is 2.41. The first kappa shape index (κ1) is 31.1. The normalized spacial score (nSPS) is 20.0. The minimum atomic E-state index is -0.0205. The Morgan fingerprint density at radius 1 is 0.533 bits per heavy atom. The van der Waals surface area contributed by atoms with Crippen LogP contribution in [0.1, 0.15) is 95.1 Å². The fraction of sp³-hybridized carbons (Fsp3) is 0.415. The largest absolute Gasteiger partial charge is 0.457 e. The van der Waals surface area contributed by atoms with Crippen LogP contribution in [0.4, 0.5) is 11.4 Å². The average Bonchev–Trinajstić information content (AvgIpc) is 3.08. The van der Waals surface area contributed by atoms with E-state index >= 15 is 0 Å². The highest BCUT2D eigenvalue weighted by atomic mass is 16.5. The van der Waals surface area contributed by atoms with Crippen molar-refractivity contribution >= 4 is 11.4 Å². The van der Waals surface area contributed by atoms with Gasteiger partial charge in [0, 0.05) is 16.8 Å². The van der Waals surface area contributed by atoms with Crippen LogP contribution in [0.25, 0.3) is 0 Å². The van der Waals surface area contributed by atoms with E-state index in [4.69, 9.17) is 20.9 Å². The summed E-state index contributed by atoms with van der Waals surface area (Å²) in [7, 11) is 0. The van der Waals surface area contributed by atoms with Crippen molar-refractivity contribution < 1.29 is 9.47 Å². The van der Waals surface area contributed by atoms with Crippen molar-refractivity contribution in [1.29, 1.82) is 0 Å². The van der Waals surface area contributed by atoms with Crippen molar-refractivity contribution in [2.45, 2.75) is 89.4 Å². The molecule has 6 rings (SSSR count). The fourth-order valence-corrected chi connectivity index (χ4v) is 8.01. The van der Waals surface area contributed by atoms with E-state index in [1.807, 2.05) is 48.5 Å². The maximum Gasteiger partial charge on any atom is 0.127 e. The Morgan fingerprint density at radius 2 is 0.933 bits per heavy atom.